The maximum atomic E-state index is 11.5. The first kappa shape index (κ1) is 13.8. The summed E-state index contributed by atoms with van der Waals surface area (Å²) in [4.78, 5) is 33.6. The molecule has 1 amide bonds. The molecule has 0 saturated carbocycles. The lowest BCUT2D eigenvalue weighted by Gasteiger charge is -2.12. The van der Waals surface area contributed by atoms with Gasteiger partial charge in [0.15, 0.2) is 0 Å². The normalized spacial score (nSPS) is 11.9. The highest BCUT2D eigenvalue weighted by Crippen LogP contribution is 2.06. The highest BCUT2D eigenvalue weighted by atomic mass is 16.4. The first-order valence-electron chi connectivity index (χ1n) is 5.24. The minimum Gasteiger partial charge on any atom is -0.508 e. The van der Waals surface area contributed by atoms with Crippen molar-refractivity contribution in [1.82, 2.24) is 9.88 Å². The molecule has 0 fully saturated rings. The van der Waals surface area contributed by atoms with E-state index in [1.807, 2.05) is 0 Å². The number of aryl methyl sites for hydroxylation is 1. The van der Waals surface area contributed by atoms with Crippen LogP contribution >= 0.6 is 0 Å². The summed E-state index contributed by atoms with van der Waals surface area (Å²) in [6.07, 6.45) is 0. The topological polar surface area (TPSA) is 109 Å². The molecule has 1 rings (SSSR count). The van der Waals surface area contributed by atoms with E-state index in [0.29, 0.717) is 5.69 Å². The molecule has 0 aliphatic carbocycles. The highest BCUT2D eigenvalue weighted by Gasteiger charge is 2.15. The zero-order chi connectivity index (χ0) is 13.9. The minimum absolute atomic E-state index is 0.173. The van der Waals surface area contributed by atoms with E-state index in [1.54, 1.807) is 6.92 Å². The van der Waals surface area contributed by atoms with E-state index in [9.17, 15) is 19.5 Å². The van der Waals surface area contributed by atoms with E-state index in [4.69, 9.17) is 5.11 Å². The Balaban J connectivity index is 2.83. The molecule has 0 saturated heterocycles. The number of pyridine rings is 1. The van der Waals surface area contributed by atoms with Gasteiger partial charge in [-0.3, -0.25) is 14.4 Å². The highest BCUT2D eigenvalue weighted by molar-refractivity contribution is 5.83. The van der Waals surface area contributed by atoms with Crippen molar-refractivity contribution in [2.45, 2.75) is 26.4 Å². The quantitative estimate of drug-likeness (QED) is 0.668. The second-order valence-corrected chi connectivity index (χ2v) is 3.91. The number of rotatable bonds is 4. The van der Waals surface area contributed by atoms with Gasteiger partial charge in [-0.25, -0.2) is 0 Å². The third-order valence-corrected chi connectivity index (χ3v) is 2.37. The average molecular weight is 254 g/mol. The molecule has 0 bridgehead atoms. The van der Waals surface area contributed by atoms with Crippen LogP contribution < -0.4 is 10.9 Å². The maximum Gasteiger partial charge on any atom is 0.325 e. The van der Waals surface area contributed by atoms with Crippen LogP contribution in [0.25, 0.3) is 0 Å². The molecule has 0 aromatic carbocycles. The number of aliphatic carboxylic acids is 1. The Morgan fingerprint density at radius 3 is 2.56 bits per heavy atom. The molecular weight excluding hydrogens is 240 g/mol. The second-order valence-electron chi connectivity index (χ2n) is 3.91. The lowest BCUT2D eigenvalue weighted by molar-refractivity contribution is -0.141. The Morgan fingerprint density at radius 1 is 1.44 bits per heavy atom. The Morgan fingerprint density at radius 2 is 2.06 bits per heavy atom. The number of aromatic nitrogens is 1. The van der Waals surface area contributed by atoms with Gasteiger partial charge in [0.2, 0.25) is 5.91 Å². The van der Waals surface area contributed by atoms with E-state index in [0.717, 1.165) is 10.6 Å². The monoisotopic (exact) mass is 254 g/mol. The van der Waals surface area contributed by atoms with Crippen LogP contribution in [-0.2, 0) is 16.1 Å². The zero-order valence-electron chi connectivity index (χ0n) is 10.0. The molecule has 1 atom stereocenters. The third kappa shape index (κ3) is 3.34. The van der Waals surface area contributed by atoms with Gasteiger partial charge in [0.1, 0.15) is 18.3 Å². The summed E-state index contributed by atoms with van der Waals surface area (Å²) in [6.45, 7) is 2.60. The van der Waals surface area contributed by atoms with Gasteiger partial charge in [-0.2, -0.15) is 0 Å². The summed E-state index contributed by atoms with van der Waals surface area (Å²) in [5, 5.41) is 20.0. The predicted octanol–water partition coefficient (Wildman–Crippen LogP) is -0.548. The molecule has 0 unspecified atom stereocenters. The van der Waals surface area contributed by atoms with Gasteiger partial charge in [0, 0.05) is 11.8 Å². The minimum atomic E-state index is -1.15. The molecule has 0 radical (unpaired) electrons. The van der Waals surface area contributed by atoms with Gasteiger partial charge < -0.3 is 20.1 Å². The van der Waals surface area contributed by atoms with Gasteiger partial charge in [-0.15, -0.1) is 0 Å². The molecule has 1 aromatic heterocycles. The summed E-state index contributed by atoms with van der Waals surface area (Å²) < 4.78 is 1.14. The molecule has 7 nitrogen and oxygen atoms in total. The van der Waals surface area contributed by atoms with E-state index in [1.165, 1.54) is 13.0 Å². The average Bonchev–Trinajstić information content (AvgIpc) is 2.23. The number of aromatic hydroxyl groups is 1. The molecule has 1 aromatic rings. The Hall–Kier alpha value is -2.31. The summed E-state index contributed by atoms with van der Waals surface area (Å²) >= 11 is 0. The van der Waals surface area contributed by atoms with Gasteiger partial charge >= 0.3 is 5.97 Å². The fourth-order valence-corrected chi connectivity index (χ4v) is 1.41. The lowest BCUT2D eigenvalue weighted by atomic mass is 10.3. The molecule has 18 heavy (non-hydrogen) atoms. The van der Waals surface area contributed by atoms with Crippen LogP contribution in [0.1, 0.15) is 12.6 Å². The van der Waals surface area contributed by atoms with Crippen LogP contribution in [0.2, 0.25) is 0 Å². The van der Waals surface area contributed by atoms with Crippen molar-refractivity contribution in [3.05, 3.63) is 28.2 Å². The number of carbonyl (C=O) groups excluding carboxylic acids is 1. The number of amides is 1. The fraction of sp³-hybridized carbons (Fsp3) is 0.364. The van der Waals surface area contributed by atoms with E-state index < -0.39 is 23.5 Å². The summed E-state index contributed by atoms with van der Waals surface area (Å²) in [5.41, 5.74) is -0.108. The third-order valence-electron chi connectivity index (χ3n) is 2.37. The summed E-state index contributed by atoms with van der Waals surface area (Å²) in [5.74, 6) is -1.91. The van der Waals surface area contributed by atoms with Gasteiger partial charge in [-0.1, -0.05) is 0 Å². The van der Waals surface area contributed by atoms with Crippen molar-refractivity contribution in [2.24, 2.45) is 0 Å². The van der Waals surface area contributed by atoms with Gasteiger partial charge in [-0.05, 0) is 19.9 Å². The molecule has 98 valence electrons. The standard InChI is InChI=1S/C11H14N2O5/c1-6-3-8(14)4-10(16)13(6)5-9(15)12-7(2)11(17)18/h3-4,7,14H,5H2,1-2H3,(H,12,15)(H,17,18)/t7-/m1/s1. The van der Waals surface area contributed by atoms with Crippen LogP contribution in [-0.4, -0.2) is 32.7 Å². The van der Waals surface area contributed by atoms with Crippen molar-refractivity contribution >= 4 is 11.9 Å². The first-order chi connectivity index (χ1) is 8.31. The van der Waals surface area contributed by atoms with Gasteiger partial charge in [0.25, 0.3) is 5.56 Å². The number of hydrogen-bond donors (Lipinski definition) is 3. The van der Waals surface area contributed by atoms with Crippen molar-refractivity contribution < 1.29 is 19.8 Å². The number of carboxylic acids is 1. The predicted molar refractivity (Wildman–Crippen MR) is 62.3 cm³/mol. The Kier molecular flexibility index (Phi) is 4.09. The van der Waals surface area contributed by atoms with Crippen LogP contribution in [0.5, 0.6) is 5.75 Å². The van der Waals surface area contributed by atoms with E-state index >= 15 is 0 Å². The van der Waals surface area contributed by atoms with Crippen LogP contribution in [0.4, 0.5) is 0 Å². The zero-order valence-corrected chi connectivity index (χ0v) is 10.0. The smallest absolute Gasteiger partial charge is 0.325 e. The number of nitrogens with zero attached hydrogens (tertiary/aromatic N) is 1. The first-order valence-corrected chi connectivity index (χ1v) is 5.24. The number of hydrogen-bond acceptors (Lipinski definition) is 4. The van der Waals surface area contributed by atoms with Crippen molar-refractivity contribution in [1.29, 1.82) is 0 Å². The summed E-state index contributed by atoms with van der Waals surface area (Å²) in [6, 6.07) is 1.31. The van der Waals surface area contributed by atoms with Crippen LogP contribution in [0.3, 0.4) is 0 Å². The molecule has 0 spiro atoms. The van der Waals surface area contributed by atoms with Crippen molar-refractivity contribution in [3.8, 4) is 5.75 Å². The Bertz CT molecular complexity index is 535. The molecule has 7 heteroatoms. The van der Waals surface area contributed by atoms with Gasteiger partial charge in [0.05, 0.1) is 0 Å². The Labute approximate surface area is 103 Å². The van der Waals surface area contributed by atoms with Crippen molar-refractivity contribution in [2.75, 3.05) is 0 Å². The van der Waals surface area contributed by atoms with Crippen LogP contribution in [0.15, 0.2) is 16.9 Å². The number of carboxylic acid groups (broad SMARTS) is 1. The fourth-order valence-electron chi connectivity index (χ4n) is 1.41. The largest absolute Gasteiger partial charge is 0.508 e. The lowest BCUT2D eigenvalue weighted by Crippen LogP contribution is -2.41. The molecule has 0 aliphatic rings. The maximum absolute atomic E-state index is 11.5. The van der Waals surface area contributed by atoms with Crippen molar-refractivity contribution in [3.63, 3.8) is 0 Å². The summed E-state index contributed by atoms with van der Waals surface area (Å²) in [7, 11) is 0. The number of carbonyl (C=O) groups is 2. The van der Waals surface area contributed by atoms with E-state index in [2.05, 4.69) is 5.32 Å². The SMILES string of the molecule is Cc1cc(O)cc(=O)n1CC(=O)N[C@H](C)C(=O)O. The molecular formula is C11H14N2O5. The second kappa shape index (κ2) is 5.35. The molecule has 1 heterocycles. The van der Waals surface area contributed by atoms with Crippen LogP contribution in [0, 0.1) is 6.92 Å². The van der Waals surface area contributed by atoms with E-state index in [-0.39, 0.29) is 12.3 Å². The number of nitrogens with one attached hydrogen (secondary N) is 1. The molecule has 3 N–H and O–H groups in total. The molecule has 0 aliphatic heterocycles.